The fraction of sp³-hybridized carbons (Fsp3) is 0.364. The summed E-state index contributed by atoms with van der Waals surface area (Å²) >= 11 is 0. The molecule has 0 fully saturated rings. The Hall–Kier alpha value is -3.16. The highest BCUT2D eigenvalue weighted by Gasteiger charge is 2.13. The zero-order valence-corrected chi connectivity index (χ0v) is 17.1. The van der Waals surface area contributed by atoms with Gasteiger partial charge in [-0.05, 0) is 42.3 Å². The van der Waals surface area contributed by atoms with Crippen molar-refractivity contribution < 1.29 is 27.8 Å². The third-order valence-electron chi connectivity index (χ3n) is 4.36. The molecule has 0 aliphatic heterocycles. The van der Waals surface area contributed by atoms with Crippen LogP contribution in [0, 0.1) is 5.92 Å². The smallest absolute Gasteiger partial charge is 0.337 e. The minimum atomic E-state index is -2.55. The number of aromatic nitrogens is 2. The molecule has 0 saturated heterocycles. The molecule has 0 amide bonds. The van der Waals surface area contributed by atoms with Crippen molar-refractivity contribution in [3.05, 3.63) is 53.7 Å². The molecule has 0 bridgehead atoms. The zero-order chi connectivity index (χ0) is 21.7. The number of fused-ring (bicyclic) bond motifs is 1. The Morgan fingerprint density at radius 1 is 1.10 bits per heavy atom. The lowest BCUT2D eigenvalue weighted by Gasteiger charge is -2.15. The Morgan fingerprint density at radius 3 is 2.60 bits per heavy atom. The summed E-state index contributed by atoms with van der Waals surface area (Å²) in [6.45, 7) is 4.28. The van der Waals surface area contributed by atoms with E-state index in [1.165, 1.54) is 7.11 Å². The summed E-state index contributed by atoms with van der Waals surface area (Å²) in [5.74, 6) is 0.891. The molecule has 2 aromatic carbocycles. The summed E-state index contributed by atoms with van der Waals surface area (Å²) < 4.78 is 42.6. The highest BCUT2D eigenvalue weighted by atomic mass is 19.3. The van der Waals surface area contributed by atoms with Crippen LogP contribution in [-0.4, -0.2) is 42.5 Å². The number of hydrogen-bond acceptors (Lipinski definition) is 5. The van der Waals surface area contributed by atoms with Crippen molar-refractivity contribution >= 4 is 16.9 Å². The third-order valence-corrected chi connectivity index (χ3v) is 4.36. The van der Waals surface area contributed by atoms with Gasteiger partial charge in [-0.2, -0.15) is 5.10 Å². The summed E-state index contributed by atoms with van der Waals surface area (Å²) in [6, 6.07) is 10.2. The number of ether oxygens (including phenoxy) is 3. The van der Waals surface area contributed by atoms with Gasteiger partial charge in [0, 0.05) is 10.9 Å². The van der Waals surface area contributed by atoms with E-state index < -0.39 is 19.0 Å². The molecular weight excluding hydrogens is 394 g/mol. The van der Waals surface area contributed by atoms with Crippen molar-refractivity contribution in [3.8, 4) is 11.5 Å². The minimum absolute atomic E-state index is 0.329. The van der Waals surface area contributed by atoms with Crippen LogP contribution < -0.4 is 9.47 Å². The Morgan fingerprint density at radius 2 is 1.90 bits per heavy atom. The van der Waals surface area contributed by atoms with Gasteiger partial charge in [0.1, 0.15) is 18.1 Å². The molecule has 0 unspecified atom stereocenters. The Balaban J connectivity index is 1.90. The van der Waals surface area contributed by atoms with Gasteiger partial charge in [0.2, 0.25) is 0 Å². The van der Waals surface area contributed by atoms with Gasteiger partial charge in [0.25, 0.3) is 6.43 Å². The van der Waals surface area contributed by atoms with Crippen LogP contribution in [0.2, 0.25) is 0 Å². The van der Waals surface area contributed by atoms with Crippen molar-refractivity contribution in [2.24, 2.45) is 5.92 Å². The molecule has 3 rings (SSSR count). The van der Waals surface area contributed by atoms with Crippen LogP contribution >= 0.6 is 0 Å². The SMILES string of the molecule is COC(=O)c1ccc2c(cnn2Cc2cc(OCC(F)F)ccc2OCC(C)C)c1. The molecule has 0 aliphatic rings. The summed E-state index contributed by atoms with van der Waals surface area (Å²) in [5, 5.41) is 5.19. The molecule has 0 atom stereocenters. The largest absolute Gasteiger partial charge is 0.493 e. The Kier molecular flexibility index (Phi) is 6.87. The second-order valence-corrected chi connectivity index (χ2v) is 7.24. The monoisotopic (exact) mass is 418 g/mol. The average molecular weight is 418 g/mol. The Labute approximate surface area is 173 Å². The highest BCUT2D eigenvalue weighted by molar-refractivity contribution is 5.94. The normalized spacial score (nSPS) is 11.3. The molecule has 0 radical (unpaired) electrons. The van der Waals surface area contributed by atoms with Crippen LogP contribution in [-0.2, 0) is 11.3 Å². The number of halogens is 2. The summed E-state index contributed by atoms with van der Waals surface area (Å²) in [5.41, 5.74) is 2.01. The van der Waals surface area contributed by atoms with Crippen molar-refractivity contribution in [2.45, 2.75) is 26.8 Å². The third kappa shape index (κ3) is 5.25. The fourth-order valence-electron chi connectivity index (χ4n) is 2.94. The van der Waals surface area contributed by atoms with E-state index in [4.69, 9.17) is 14.2 Å². The van der Waals surface area contributed by atoms with Crippen molar-refractivity contribution in [2.75, 3.05) is 20.3 Å². The van der Waals surface area contributed by atoms with Crippen LogP contribution in [0.1, 0.15) is 29.8 Å². The number of rotatable bonds is 9. The first-order valence-electron chi connectivity index (χ1n) is 9.58. The number of nitrogens with zero attached hydrogens (tertiary/aromatic N) is 2. The van der Waals surface area contributed by atoms with Crippen LogP contribution in [0.5, 0.6) is 11.5 Å². The molecule has 0 aliphatic carbocycles. The topological polar surface area (TPSA) is 62.6 Å². The molecule has 160 valence electrons. The summed E-state index contributed by atoms with van der Waals surface area (Å²) in [7, 11) is 1.33. The molecule has 0 saturated carbocycles. The molecule has 1 heterocycles. The molecule has 0 N–H and O–H groups in total. The van der Waals surface area contributed by atoms with Crippen molar-refractivity contribution in [3.63, 3.8) is 0 Å². The second-order valence-electron chi connectivity index (χ2n) is 7.24. The number of esters is 1. The number of carbonyl (C=O) groups excluding carboxylic acids is 1. The molecule has 1 aromatic heterocycles. The fourth-order valence-corrected chi connectivity index (χ4v) is 2.94. The van der Waals surface area contributed by atoms with Crippen LogP contribution in [0.25, 0.3) is 10.9 Å². The predicted molar refractivity (Wildman–Crippen MR) is 108 cm³/mol. The average Bonchev–Trinajstić information content (AvgIpc) is 3.12. The number of carbonyl (C=O) groups is 1. The molecular formula is C22H24F2N2O4. The number of hydrogen-bond donors (Lipinski definition) is 0. The maximum Gasteiger partial charge on any atom is 0.337 e. The van der Waals surface area contributed by atoms with E-state index in [1.807, 2.05) is 13.8 Å². The van der Waals surface area contributed by atoms with E-state index in [1.54, 1.807) is 47.3 Å². The predicted octanol–water partition coefficient (Wildman–Crippen LogP) is 4.55. The molecule has 6 nitrogen and oxygen atoms in total. The van der Waals surface area contributed by atoms with Gasteiger partial charge in [-0.1, -0.05) is 13.8 Å². The maximum atomic E-state index is 12.5. The standard InChI is InChI=1S/C22H24F2N2O4/c1-14(2)12-30-20-7-5-18(29-13-21(23)24)9-17(20)11-26-19-6-4-15(22(27)28-3)8-16(19)10-25-26/h4-10,14,21H,11-13H2,1-3H3. The van der Waals surface area contributed by atoms with Gasteiger partial charge >= 0.3 is 5.97 Å². The van der Waals surface area contributed by atoms with Gasteiger partial charge in [0.15, 0.2) is 0 Å². The van der Waals surface area contributed by atoms with Crippen LogP contribution in [0.15, 0.2) is 42.6 Å². The van der Waals surface area contributed by atoms with Gasteiger partial charge in [-0.15, -0.1) is 0 Å². The van der Waals surface area contributed by atoms with E-state index in [-0.39, 0.29) is 0 Å². The zero-order valence-electron chi connectivity index (χ0n) is 17.1. The second kappa shape index (κ2) is 9.56. The van der Waals surface area contributed by atoms with Crippen LogP contribution in [0.4, 0.5) is 8.78 Å². The van der Waals surface area contributed by atoms with Gasteiger partial charge in [-0.3, -0.25) is 4.68 Å². The quantitative estimate of drug-likeness (QED) is 0.477. The van der Waals surface area contributed by atoms with E-state index in [2.05, 4.69) is 5.10 Å². The van der Waals surface area contributed by atoms with Crippen LogP contribution in [0.3, 0.4) is 0 Å². The lowest BCUT2D eigenvalue weighted by molar-refractivity contribution is 0.0601. The lowest BCUT2D eigenvalue weighted by atomic mass is 10.1. The van der Waals surface area contributed by atoms with E-state index in [9.17, 15) is 13.6 Å². The van der Waals surface area contributed by atoms with Gasteiger partial charge in [-0.25, -0.2) is 13.6 Å². The van der Waals surface area contributed by atoms with Gasteiger partial charge in [0.05, 0.1) is 37.5 Å². The molecule has 0 spiro atoms. The first-order valence-corrected chi connectivity index (χ1v) is 9.58. The molecule has 8 heteroatoms. The number of alkyl halides is 2. The van der Waals surface area contributed by atoms with Gasteiger partial charge < -0.3 is 14.2 Å². The van der Waals surface area contributed by atoms with Crippen molar-refractivity contribution in [1.82, 2.24) is 9.78 Å². The highest BCUT2D eigenvalue weighted by Crippen LogP contribution is 2.27. The Bertz CT molecular complexity index is 1020. The van der Waals surface area contributed by atoms with E-state index in [0.717, 1.165) is 16.5 Å². The summed E-state index contributed by atoms with van der Waals surface area (Å²) in [4.78, 5) is 11.7. The van der Waals surface area contributed by atoms with E-state index >= 15 is 0 Å². The van der Waals surface area contributed by atoms with Crippen molar-refractivity contribution in [1.29, 1.82) is 0 Å². The first-order chi connectivity index (χ1) is 14.4. The minimum Gasteiger partial charge on any atom is -0.493 e. The van der Waals surface area contributed by atoms with E-state index in [0.29, 0.717) is 36.1 Å². The first kappa shape index (κ1) is 21.5. The summed E-state index contributed by atoms with van der Waals surface area (Å²) in [6.07, 6.45) is -0.891. The number of benzene rings is 2. The number of methoxy groups -OCH3 is 1. The molecule has 3 aromatic rings. The molecule has 30 heavy (non-hydrogen) atoms. The maximum absolute atomic E-state index is 12.5. The lowest BCUT2D eigenvalue weighted by Crippen LogP contribution is -2.10.